The molecule has 3 heterocycles. The molecule has 8 nitrogen and oxygen atoms in total. The van der Waals surface area contributed by atoms with E-state index in [0.717, 1.165) is 54.1 Å². The molecule has 8 heteroatoms. The average Bonchev–Trinajstić information content (AvgIpc) is 3.79. The van der Waals surface area contributed by atoms with Gasteiger partial charge in [-0.3, -0.25) is 9.59 Å². The highest BCUT2D eigenvalue weighted by molar-refractivity contribution is 6.03. The molecule has 0 spiro atoms. The highest BCUT2D eigenvalue weighted by Gasteiger charge is 2.37. The van der Waals surface area contributed by atoms with E-state index in [-0.39, 0.29) is 23.4 Å². The van der Waals surface area contributed by atoms with E-state index < -0.39 is 19.1 Å². The summed E-state index contributed by atoms with van der Waals surface area (Å²) in [7, 11) is 4.13. The molecule has 0 unspecified atom stereocenters. The average molecular weight is 488 g/mol. The smallest absolute Gasteiger partial charge is 0.228 e. The second-order valence-corrected chi connectivity index (χ2v) is 10.1. The second kappa shape index (κ2) is 8.47. The van der Waals surface area contributed by atoms with Crippen molar-refractivity contribution in [2.24, 2.45) is 13.0 Å². The van der Waals surface area contributed by atoms with E-state index in [9.17, 15) is 9.59 Å². The Morgan fingerprint density at radius 3 is 2.69 bits per heavy atom. The summed E-state index contributed by atoms with van der Waals surface area (Å²) < 4.78 is 25.0. The predicted molar refractivity (Wildman–Crippen MR) is 141 cm³/mol. The summed E-state index contributed by atoms with van der Waals surface area (Å²) in [5, 5.41) is 6.22. The number of amides is 1. The van der Waals surface area contributed by atoms with Crippen molar-refractivity contribution in [3.05, 3.63) is 47.5 Å². The van der Waals surface area contributed by atoms with Crippen molar-refractivity contribution in [1.82, 2.24) is 14.5 Å². The number of benzene rings is 1. The SMILES string of the molecule is [2H]C([2H])([2H])CC(=O)c1cnc(NC(=O)C2CC2)cc1Nc1cccc2c1N(C)[C@H](C)c1c-2nc(C2CC2)n1C. The number of Topliss-reactive ketones (excluding diaryl/α,β-unsaturated/α-hetero) is 1. The fourth-order valence-electron chi connectivity index (χ4n) is 5.17. The van der Waals surface area contributed by atoms with Gasteiger partial charge in [0.1, 0.15) is 11.6 Å². The Kier molecular flexibility index (Phi) is 4.59. The Labute approximate surface area is 215 Å². The van der Waals surface area contributed by atoms with Crippen molar-refractivity contribution in [1.29, 1.82) is 0 Å². The number of pyridine rings is 1. The van der Waals surface area contributed by atoms with Crippen molar-refractivity contribution < 1.29 is 13.7 Å². The van der Waals surface area contributed by atoms with Crippen LogP contribution in [-0.4, -0.2) is 33.3 Å². The van der Waals surface area contributed by atoms with Gasteiger partial charge in [-0.05, 0) is 38.7 Å². The van der Waals surface area contributed by atoms with Gasteiger partial charge in [0.15, 0.2) is 5.78 Å². The summed E-state index contributed by atoms with van der Waals surface area (Å²) in [6, 6.07) is 7.60. The molecule has 36 heavy (non-hydrogen) atoms. The number of rotatable bonds is 7. The van der Waals surface area contributed by atoms with Crippen molar-refractivity contribution in [3.8, 4) is 11.3 Å². The quantitative estimate of drug-likeness (QED) is 0.424. The van der Waals surface area contributed by atoms with Crippen LogP contribution in [0.2, 0.25) is 0 Å². The number of ketones is 1. The van der Waals surface area contributed by atoms with Crippen molar-refractivity contribution >= 4 is 34.6 Å². The number of carbonyl (C=O) groups is 2. The second-order valence-electron chi connectivity index (χ2n) is 10.1. The van der Waals surface area contributed by atoms with Gasteiger partial charge in [0, 0.05) is 54.3 Å². The van der Waals surface area contributed by atoms with Crippen LogP contribution in [0.25, 0.3) is 11.3 Å². The van der Waals surface area contributed by atoms with Crippen LogP contribution in [0.3, 0.4) is 0 Å². The molecule has 2 saturated carbocycles. The first-order valence-electron chi connectivity index (χ1n) is 14.1. The Balaban J connectivity index is 1.41. The standard InChI is InChI=1S/C28H32N6O2/c1-5-22(35)19-14-29-23(31-28(36)17-11-12-17)13-21(19)30-20-8-6-7-18-24-25(15(2)33(3)26(18)20)34(4)27(32-24)16-9-10-16/h6-8,13-17H,5,9-12H2,1-4H3,(H2,29,30,31,36)/t15-/m1/s1/i1D3. The van der Waals surface area contributed by atoms with Crippen LogP contribution in [0.15, 0.2) is 30.5 Å². The maximum Gasteiger partial charge on any atom is 0.228 e. The van der Waals surface area contributed by atoms with Gasteiger partial charge in [-0.25, -0.2) is 9.97 Å². The van der Waals surface area contributed by atoms with Crippen LogP contribution < -0.4 is 15.5 Å². The van der Waals surface area contributed by atoms with E-state index in [4.69, 9.17) is 9.10 Å². The number of nitrogens with zero attached hydrogens (tertiary/aromatic N) is 4. The number of fused-ring (bicyclic) bond motifs is 3. The molecule has 1 aromatic carbocycles. The molecular formula is C28H32N6O2. The van der Waals surface area contributed by atoms with Gasteiger partial charge in [-0.15, -0.1) is 0 Å². The van der Waals surface area contributed by atoms with Crippen molar-refractivity contribution in [2.45, 2.75) is 57.8 Å². The number of carbonyl (C=O) groups excluding carboxylic acids is 2. The van der Waals surface area contributed by atoms with Gasteiger partial charge >= 0.3 is 0 Å². The monoisotopic (exact) mass is 487 g/mol. The zero-order valence-electron chi connectivity index (χ0n) is 23.8. The maximum atomic E-state index is 13.1. The molecule has 2 aromatic heterocycles. The van der Waals surface area contributed by atoms with Crippen LogP contribution in [0.5, 0.6) is 0 Å². The van der Waals surface area contributed by atoms with Gasteiger partial charge in [-0.1, -0.05) is 19.0 Å². The summed E-state index contributed by atoms with van der Waals surface area (Å²) in [6.45, 7) is -0.260. The Morgan fingerprint density at radius 2 is 1.97 bits per heavy atom. The third kappa shape index (κ3) is 3.75. The molecule has 3 aromatic rings. The summed E-state index contributed by atoms with van der Waals surface area (Å²) in [4.78, 5) is 37.0. The van der Waals surface area contributed by atoms with E-state index in [2.05, 4.69) is 45.1 Å². The topological polar surface area (TPSA) is 92.2 Å². The van der Waals surface area contributed by atoms with Gasteiger partial charge < -0.3 is 20.1 Å². The van der Waals surface area contributed by atoms with Crippen LogP contribution in [0.4, 0.5) is 22.9 Å². The number of nitrogens with one attached hydrogen (secondary N) is 2. The molecule has 0 radical (unpaired) electrons. The first kappa shape index (κ1) is 19.5. The van der Waals surface area contributed by atoms with E-state index in [1.165, 1.54) is 11.9 Å². The fourth-order valence-corrected chi connectivity index (χ4v) is 5.17. The number of hydrogen-bond acceptors (Lipinski definition) is 6. The Hall–Kier alpha value is -3.68. The van der Waals surface area contributed by atoms with Crippen molar-refractivity contribution in [3.63, 3.8) is 0 Å². The number of hydrogen-bond donors (Lipinski definition) is 2. The molecule has 0 bridgehead atoms. The van der Waals surface area contributed by atoms with E-state index >= 15 is 0 Å². The van der Waals surface area contributed by atoms with Crippen LogP contribution in [-0.2, 0) is 11.8 Å². The number of anilines is 4. The van der Waals surface area contributed by atoms with E-state index in [1.807, 2.05) is 19.2 Å². The van der Waals surface area contributed by atoms with Gasteiger partial charge in [0.05, 0.1) is 40.1 Å². The van der Waals surface area contributed by atoms with Crippen molar-refractivity contribution in [2.75, 3.05) is 22.6 Å². The zero-order chi connectivity index (χ0) is 27.6. The Bertz CT molecular complexity index is 1490. The first-order chi connectivity index (χ1) is 18.5. The maximum absolute atomic E-state index is 13.1. The summed E-state index contributed by atoms with van der Waals surface area (Å²) in [6.07, 6.45) is 4.77. The largest absolute Gasteiger partial charge is 0.364 e. The third-order valence-corrected chi connectivity index (χ3v) is 7.57. The zero-order valence-corrected chi connectivity index (χ0v) is 20.8. The highest BCUT2D eigenvalue weighted by atomic mass is 16.2. The van der Waals surface area contributed by atoms with Gasteiger partial charge in [0.2, 0.25) is 5.91 Å². The summed E-state index contributed by atoms with van der Waals surface area (Å²) in [5.41, 5.74) is 5.37. The lowest BCUT2D eigenvalue weighted by Crippen LogP contribution is -2.28. The molecule has 2 N–H and O–H groups in total. The lowest BCUT2D eigenvalue weighted by molar-refractivity contribution is -0.117. The molecule has 0 saturated heterocycles. The lowest BCUT2D eigenvalue weighted by Gasteiger charge is -2.35. The minimum absolute atomic E-state index is 0.00976. The van der Waals surface area contributed by atoms with Gasteiger partial charge in [0.25, 0.3) is 0 Å². The number of aromatic nitrogens is 3. The minimum atomic E-state index is -2.41. The molecule has 1 amide bonds. The van der Waals surface area contributed by atoms with E-state index in [1.54, 1.807) is 6.07 Å². The summed E-state index contributed by atoms with van der Waals surface area (Å²) >= 11 is 0. The molecule has 2 aliphatic carbocycles. The first-order valence-corrected chi connectivity index (χ1v) is 12.6. The highest BCUT2D eigenvalue weighted by Crippen LogP contribution is 2.50. The van der Waals surface area contributed by atoms with Gasteiger partial charge in [-0.2, -0.15) is 0 Å². The van der Waals surface area contributed by atoms with E-state index in [0.29, 0.717) is 17.4 Å². The fraction of sp³-hybridized carbons (Fsp3) is 0.429. The summed E-state index contributed by atoms with van der Waals surface area (Å²) in [5.74, 6) is 1.29. The molecular weight excluding hydrogens is 452 g/mol. The third-order valence-electron chi connectivity index (χ3n) is 7.57. The normalized spacial score (nSPS) is 20.0. The molecule has 6 rings (SSSR count). The predicted octanol–water partition coefficient (Wildman–Crippen LogP) is 5.56. The molecule has 2 fully saturated rings. The molecule has 1 aliphatic heterocycles. The van der Waals surface area contributed by atoms with Crippen LogP contribution in [0, 0.1) is 5.92 Å². The lowest BCUT2D eigenvalue weighted by atomic mass is 9.96. The molecule has 186 valence electrons. The van der Waals surface area contributed by atoms with Crippen LogP contribution in [0.1, 0.15) is 83.8 Å². The molecule has 1 atom stereocenters. The molecule has 3 aliphatic rings. The Morgan fingerprint density at radius 1 is 1.17 bits per heavy atom. The number of imidazole rings is 1. The number of para-hydroxylation sites is 1. The van der Waals surface area contributed by atoms with Crippen LogP contribution >= 0.6 is 0 Å². The minimum Gasteiger partial charge on any atom is -0.364 e.